The molecular formula is C18H23F2NO. The fourth-order valence-corrected chi connectivity index (χ4v) is 5.39. The van der Waals surface area contributed by atoms with Crippen LogP contribution < -0.4 is 4.74 Å². The second-order valence-electron chi connectivity index (χ2n) is 7.29. The fourth-order valence-electron chi connectivity index (χ4n) is 5.39. The zero-order chi connectivity index (χ0) is 15.5. The molecule has 1 aliphatic heterocycles. The first-order valence-electron chi connectivity index (χ1n) is 8.31. The number of aryl methyl sites for hydroxylation is 1. The van der Waals surface area contributed by atoms with E-state index in [-0.39, 0.29) is 5.41 Å². The van der Waals surface area contributed by atoms with Crippen LogP contribution in [-0.4, -0.2) is 30.6 Å². The van der Waals surface area contributed by atoms with Crippen LogP contribution in [0.3, 0.4) is 0 Å². The molecule has 1 heterocycles. The number of nitrogens with zero attached hydrogens (tertiary/aromatic N) is 1. The van der Waals surface area contributed by atoms with Gasteiger partial charge in [0.1, 0.15) is 5.75 Å². The van der Waals surface area contributed by atoms with Crippen molar-refractivity contribution >= 4 is 0 Å². The van der Waals surface area contributed by atoms with E-state index in [4.69, 9.17) is 0 Å². The average Bonchev–Trinajstić information content (AvgIpc) is 2.96. The summed E-state index contributed by atoms with van der Waals surface area (Å²) in [5, 5.41) is 0. The summed E-state index contributed by atoms with van der Waals surface area (Å²) in [7, 11) is 2.22. The van der Waals surface area contributed by atoms with Crippen molar-refractivity contribution in [2.24, 2.45) is 5.92 Å². The molecule has 2 unspecified atom stereocenters. The molecule has 3 fully saturated rings. The highest BCUT2D eigenvalue weighted by molar-refractivity contribution is 5.44. The first-order chi connectivity index (χ1) is 10.5. The van der Waals surface area contributed by atoms with Gasteiger partial charge in [0.25, 0.3) is 0 Å². The Morgan fingerprint density at radius 3 is 2.91 bits per heavy atom. The van der Waals surface area contributed by atoms with E-state index in [1.807, 2.05) is 12.1 Å². The SMILES string of the molecule is Cc1ccc(OC(F)F)cc1[C@]12CCCC[C@@H]1[C@@H]1C(C2)N1C. The average molecular weight is 307 g/mol. The molecule has 1 aromatic rings. The summed E-state index contributed by atoms with van der Waals surface area (Å²) in [6.07, 6.45) is 6.19. The fraction of sp³-hybridized carbons (Fsp3) is 0.667. The molecule has 3 aliphatic rings. The van der Waals surface area contributed by atoms with Crippen molar-refractivity contribution in [1.82, 2.24) is 4.90 Å². The minimum Gasteiger partial charge on any atom is -0.435 e. The van der Waals surface area contributed by atoms with Crippen LogP contribution in [-0.2, 0) is 5.41 Å². The Morgan fingerprint density at radius 1 is 1.32 bits per heavy atom. The number of rotatable bonds is 3. The van der Waals surface area contributed by atoms with Crippen LogP contribution in [0.25, 0.3) is 0 Å². The maximum absolute atomic E-state index is 12.6. The summed E-state index contributed by atoms with van der Waals surface area (Å²) in [4.78, 5) is 2.49. The molecular weight excluding hydrogens is 284 g/mol. The van der Waals surface area contributed by atoms with E-state index in [0.29, 0.717) is 23.8 Å². The number of piperidine rings is 1. The maximum Gasteiger partial charge on any atom is 0.387 e. The standard InChI is InChI=1S/C18H23F2NO/c1-11-6-7-12(22-17(19)20)9-14(11)18-8-4-3-5-13(18)16-15(10-18)21(16)2/h6-7,9,13,15-17H,3-5,8,10H2,1-2H3/t13-,15?,16-,18+,21?/m1/s1. The zero-order valence-corrected chi connectivity index (χ0v) is 13.2. The number of alkyl halides is 2. The maximum atomic E-state index is 12.6. The second kappa shape index (κ2) is 4.92. The molecule has 0 amide bonds. The van der Waals surface area contributed by atoms with Crippen LogP contribution in [0.4, 0.5) is 8.78 Å². The predicted molar refractivity (Wildman–Crippen MR) is 81.4 cm³/mol. The van der Waals surface area contributed by atoms with Crippen molar-refractivity contribution in [1.29, 1.82) is 0 Å². The number of hydrogen-bond acceptors (Lipinski definition) is 2. The van der Waals surface area contributed by atoms with Gasteiger partial charge in [-0.1, -0.05) is 18.9 Å². The molecule has 2 nitrogen and oxygen atoms in total. The van der Waals surface area contributed by atoms with E-state index in [1.54, 1.807) is 6.07 Å². The van der Waals surface area contributed by atoms with E-state index in [0.717, 1.165) is 0 Å². The third kappa shape index (κ3) is 1.99. The summed E-state index contributed by atoms with van der Waals surface area (Å²) in [5.41, 5.74) is 2.67. The highest BCUT2D eigenvalue weighted by atomic mass is 19.3. The number of likely N-dealkylation sites (tertiary alicyclic amines) is 1. The number of ether oxygens (including phenoxy) is 1. The Hall–Kier alpha value is -1.16. The van der Waals surface area contributed by atoms with Crippen molar-refractivity contribution in [3.05, 3.63) is 29.3 Å². The quantitative estimate of drug-likeness (QED) is 0.779. The lowest BCUT2D eigenvalue weighted by Gasteiger charge is -2.43. The number of hydrogen-bond donors (Lipinski definition) is 0. The third-order valence-corrected chi connectivity index (χ3v) is 6.35. The van der Waals surface area contributed by atoms with Gasteiger partial charge in [-0.3, -0.25) is 4.90 Å². The summed E-state index contributed by atoms with van der Waals surface area (Å²) in [6, 6.07) is 6.91. The number of fused-ring (bicyclic) bond motifs is 3. The molecule has 2 saturated carbocycles. The molecule has 0 N–H and O–H groups in total. The van der Waals surface area contributed by atoms with Crippen molar-refractivity contribution < 1.29 is 13.5 Å². The number of benzene rings is 1. The first-order valence-corrected chi connectivity index (χ1v) is 8.31. The van der Waals surface area contributed by atoms with Gasteiger partial charge in [0.15, 0.2) is 0 Å². The first kappa shape index (κ1) is 14.4. The van der Waals surface area contributed by atoms with Gasteiger partial charge >= 0.3 is 6.61 Å². The van der Waals surface area contributed by atoms with Crippen LogP contribution in [0.5, 0.6) is 5.75 Å². The van der Waals surface area contributed by atoms with Gasteiger partial charge < -0.3 is 4.74 Å². The van der Waals surface area contributed by atoms with Gasteiger partial charge in [-0.25, -0.2) is 0 Å². The Morgan fingerprint density at radius 2 is 2.14 bits per heavy atom. The van der Waals surface area contributed by atoms with Gasteiger partial charge in [-0.15, -0.1) is 0 Å². The molecule has 0 bridgehead atoms. The molecule has 4 rings (SSSR count). The smallest absolute Gasteiger partial charge is 0.387 e. The zero-order valence-electron chi connectivity index (χ0n) is 13.2. The van der Waals surface area contributed by atoms with E-state index in [1.165, 1.54) is 43.2 Å². The molecule has 0 radical (unpaired) electrons. The lowest BCUT2D eigenvalue weighted by Crippen LogP contribution is -2.40. The highest BCUT2D eigenvalue weighted by Gasteiger charge is 2.65. The van der Waals surface area contributed by atoms with Gasteiger partial charge in [0.05, 0.1) is 0 Å². The van der Waals surface area contributed by atoms with E-state index in [9.17, 15) is 8.78 Å². The van der Waals surface area contributed by atoms with E-state index in [2.05, 4.69) is 23.6 Å². The normalized spacial score (nSPS) is 39.5. The summed E-state index contributed by atoms with van der Waals surface area (Å²) < 4.78 is 29.8. The van der Waals surface area contributed by atoms with Crippen LogP contribution in [0.15, 0.2) is 18.2 Å². The minimum absolute atomic E-state index is 0.186. The Bertz CT molecular complexity index is 590. The molecule has 2 aliphatic carbocycles. The summed E-state index contributed by atoms with van der Waals surface area (Å²) in [5.74, 6) is 0.986. The van der Waals surface area contributed by atoms with Crippen molar-refractivity contribution in [3.8, 4) is 5.75 Å². The van der Waals surface area contributed by atoms with Gasteiger partial charge in [0, 0.05) is 17.5 Å². The van der Waals surface area contributed by atoms with Crippen LogP contribution in [0.2, 0.25) is 0 Å². The van der Waals surface area contributed by atoms with Gasteiger partial charge in [-0.05, 0) is 62.4 Å². The highest BCUT2D eigenvalue weighted by Crippen LogP contribution is 2.62. The summed E-state index contributed by atoms with van der Waals surface area (Å²) in [6.45, 7) is -0.645. The topological polar surface area (TPSA) is 12.2 Å². The van der Waals surface area contributed by atoms with Crippen LogP contribution in [0, 0.1) is 12.8 Å². The Kier molecular flexibility index (Phi) is 3.23. The number of likely N-dealkylation sites (N-methyl/N-ethyl adjacent to an activating group) is 1. The predicted octanol–water partition coefficient (Wildman–Crippen LogP) is 4.11. The largest absolute Gasteiger partial charge is 0.435 e. The lowest BCUT2D eigenvalue weighted by molar-refractivity contribution is -0.0500. The van der Waals surface area contributed by atoms with Crippen LogP contribution >= 0.6 is 0 Å². The molecule has 1 aromatic carbocycles. The van der Waals surface area contributed by atoms with Crippen molar-refractivity contribution in [2.45, 2.75) is 63.1 Å². The molecule has 0 aromatic heterocycles. The molecule has 22 heavy (non-hydrogen) atoms. The Balaban J connectivity index is 1.73. The van der Waals surface area contributed by atoms with E-state index >= 15 is 0 Å². The molecule has 1 saturated heterocycles. The van der Waals surface area contributed by atoms with Crippen molar-refractivity contribution in [3.63, 3.8) is 0 Å². The van der Waals surface area contributed by atoms with Gasteiger partial charge in [0.2, 0.25) is 0 Å². The third-order valence-electron chi connectivity index (χ3n) is 6.35. The lowest BCUT2D eigenvalue weighted by atomic mass is 9.62. The Labute approximate surface area is 130 Å². The second-order valence-corrected chi connectivity index (χ2v) is 7.29. The van der Waals surface area contributed by atoms with E-state index < -0.39 is 6.61 Å². The molecule has 4 heteroatoms. The van der Waals surface area contributed by atoms with Gasteiger partial charge in [-0.2, -0.15) is 8.78 Å². The van der Waals surface area contributed by atoms with Crippen molar-refractivity contribution in [2.75, 3.05) is 7.05 Å². The van der Waals surface area contributed by atoms with Crippen LogP contribution in [0.1, 0.15) is 43.2 Å². The molecule has 120 valence electrons. The molecule has 5 atom stereocenters. The number of halogens is 2. The monoisotopic (exact) mass is 307 g/mol. The molecule has 0 spiro atoms. The summed E-state index contributed by atoms with van der Waals surface area (Å²) >= 11 is 0. The minimum atomic E-state index is -2.75.